The van der Waals surface area contributed by atoms with E-state index in [2.05, 4.69) is 0 Å². The summed E-state index contributed by atoms with van der Waals surface area (Å²) in [6.45, 7) is 0.325. The molecule has 0 unspecified atom stereocenters. The molecule has 1 aromatic carbocycles. The highest BCUT2D eigenvalue weighted by atomic mass is 19.4. The van der Waals surface area contributed by atoms with E-state index in [0.717, 1.165) is 12.1 Å². The van der Waals surface area contributed by atoms with Crippen LogP contribution in [0.1, 0.15) is 12.0 Å². The van der Waals surface area contributed by atoms with Gasteiger partial charge in [-0.1, -0.05) is 0 Å². The molecular formula is C11H10F3NO2. The van der Waals surface area contributed by atoms with Crippen molar-refractivity contribution in [3.63, 3.8) is 0 Å². The van der Waals surface area contributed by atoms with E-state index in [1.54, 1.807) is 0 Å². The van der Waals surface area contributed by atoms with Gasteiger partial charge in [0.1, 0.15) is 6.10 Å². The Balaban J connectivity index is 2.22. The second-order valence-electron chi connectivity index (χ2n) is 3.84. The molecular weight excluding hydrogens is 235 g/mol. The van der Waals surface area contributed by atoms with Gasteiger partial charge in [0, 0.05) is 18.7 Å². The lowest BCUT2D eigenvalue weighted by Crippen LogP contribution is -2.29. The van der Waals surface area contributed by atoms with E-state index in [4.69, 9.17) is 0 Å². The minimum atomic E-state index is -4.38. The van der Waals surface area contributed by atoms with Gasteiger partial charge in [-0.2, -0.15) is 13.2 Å². The highest BCUT2D eigenvalue weighted by molar-refractivity contribution is 5.98. The third kappa shape index (κ3) is 2.26. The molecule has 0 saturated carbocycles. The maximum absolute atomic E-state index is 12.3. The number of carbonyl (C=O) groups excluding carboxylic acids is 1. The van der Waals surface area contributed by atoms with Crippen LogP contribution in [0.2, 0.25) is 0 Å². The normalized spacial score (nSPS) is 21.1. The maximum atomic E-state index is 12.3. The van der Waals surface area contributed by atoms with Crippen molar-refractivity contribution in [2.24, 2.45) is 0 Å². The summed E-state index contributed by atoms with van der Waals surface area (Å²) in [6.07, 6.45) is -5.12. The van der Waals surface area contributed by atoms with E-state index in [0.29, 0.717) is 18.7 Å². The Labute approximate surface area is 95.5 Å². The molecule has 1 heterocycles. The van der Waals surface area contributed by atoms with E-state index in [1.807, 2.05) is 0 Å². The van der Waals surface area contributed by atoms with Crippen LogP contribution in [-0.4, -0.2) is 23.7 Å². The number of alkyl halides is 3. The molecule has 0 bridgehead atoms. The molecule has 1 amide bonds. The van der Waals surface area contributed by atoms with Crippen LogP contribution in [0.25, 0.3) is 0 Å². The number of rotatable bonds is 1. The summed E-state index contributed by atoms with van der Waals surface area (Å²) in [5.41, 5.74) is -0.381. The standard InChI is InChI=1S/C11H10F3NO2/c12-11(13,14)7-1-3-8(4-2-7)15-6-5-9(16)10(15)17/h1-4,9,16H,5-6H2/t9-/m0/s1. The molecule has 6 heteroatoms. The van der Waals surface area contributed by atoms with E-state index >= 15 is 0 Å². The average Bonchev–Trinajstić information content (AvgIpc) is 2.59. The fourth-order valence-corrected chi connectivity index (χ4v) is 1.75. The molecule has 0 aromatic heterocycles. The van der Waals surface area contributed by atoms with Crippen LogP contribution >= 0.6 is 0 Å². The van der Waals surface area contributed by atoms with Crippen molar-refractivity contribution < 1.29 is 23.1 Å². The molecule has 1 N–H and O–H groups in total. The highest BCUT2D eigenvalue weighted by Gasteiger charge is 2.33. The number of hydrogen-bond acceptors (Lipinski definition) is 2. The Hall–Kier alpha value is -1.56. The Morgan fingerprint density at radius 2 is 1.82 bits per heavy atom. The minimum absolute atomic E-state index is 0.305. The van der Waals surface area contributed by atoms with Crippen molar-refractivity contribution in [3.8, 4) is 0 Å². The zero-order chi connectivity index (χ0) is 12.6. The lowest BCUT2D eigenvalue weighted by molar-refractivity contribution is -0.137. The highest BCUT2D eigenvalue weighted by Crippen LogP contribution is 2.31. The Morgan fingerprint density at radius 3 is 2.24 bits per heavy atom. The summed E-state index contributed by atoms with van der Waals surface area (Å²) in [5.74, 6) is -0.468. The summed E-state index contributed by atoms with van der Waals surface area (Å²) in [6, 6.07) is 4.32. The van der Waals surface area contributed by atoms with Gasteiger partial charge >= 0.3 is 6.18 Å². The molecule has 0 aliphatic carbocycles. The zero-order valence-corrected chi connectivity index (χ0v) is 8.74. The van der Waals surface area contributed by atoms with E-state index in [-0.39, 0.29) is 0 Å². The first-order chi connectivity index (χ1) is 7.89. The number of anilines is 1. The van der Waals surface area contributed by atoms with Gasteiger partial charge in [-0.15, -0.1) is 0 Å². The van der Waals surface area contributed by atoms with E-state index in [9.17, 15) is 23.1 Å². The van der Waals surface area contributed by atoms with E-state index in [1.165, 1.54) is 17.0 Å². The first-order valence-corrected chi connectivity index (χ1v) is 5.06. The fraction of sp³-hybridized carbons (Fsp3) is 0.364. The Bertz CT molecular complexity index is 427. The molecule has 1 atom stereocenters. The monoisotopic (exact) mass is 245 g/mol. The first-order valence-electron chi connectivity index (χ1n) is 5.06. The molecule has 0 spiro atoms. The van der Waals surface area contributed by atoms with Crippen molar-refractivity contribution in [1.29, 1.82) is 0 Å². The van der Waals surface area contributed by atoms with Crippen LogP contribution < -0.4 is 4.90 Å². The number of hydrogen-bond donors (Lipinski definition) is 1. The third-order valence-corrected chi connectivity index (χ3v) is 2.68. The molecule has 17 heavy (non-hydrogen) atoms. The molecule has 1 aromatic rings. The summed E-state index contributed by atoms with van der Waals surface area (Å²) in [4.78, 5) is 12.7. The lowest BCUT2D eigenvalue weighted by atomic mass is 10.2. The number of benzene rings is 1. The van der Waals surface area contributed by atoms with Gasteiger partial charge in [0.15, 0.2) is 0 Å². The van der Waals surface area contributed by atoms with Crippen LogP contribution in [0.15, 0.2) is 24.3 Å². The van der Waals surface area contributed by atoms with Crippen LogP contribution in [-0.2, 0) is 11.0 Å². The van der Waals surface area contributed by atoms with Crippen molar-refractivity contribution in [2.75, 3.05) is 11.4 Å². The Morgan fingerprint density at radius 1 is 1.24 bits per heavy atom. The van der Waals surface area contributed by atoms with Gasteiger partial charge in [0.25, 0.3) is 5.91 Å². The molecule has 2 rings (SSSR count). The van der Waals surface area contributed by atoms with Crippen LogP contribution in [0, 0.1) is 0 Å². The first kappa shape index (κ1) is 11.9. The van der Waals surface area contributed by atoms with Gasteiger partial charge in [-0.05, 0) is 24.3 Å². The average molecular weight is 245 g/mol. The molecule has 92 valence electrons. The smallest absolute Gasteiger partial charge is 0.383 e. The van der Waals surface area contributed by atoms with E-state index < -0.39 is 23.8 Å². The number of amides is 1. The molecule has 1 aliphatic rings. The topological polar surface area (TPSA) is 40.5 Å². The number of halogens is 3. The van der Waals surface area contributed by atoms with Crippen LogP contribution in [0.3, 0.4) is 0 Å². The van der Waals surface area contributed by atoms with Crippen molar-refractivity contribution in [2.45, 2.75) is 18.7 Å². The fourth-order valence-electron chi connectivity index (χ4n) is 1.75. The van der Waals surface area contributed by atoms with Gasteiger partial charge in [0.05, 0.1) is 5.56 Å². The van der Waals surface area contributed by atoms with Crippen LogP contribution in [0.4, 0.5) is 18.9 Å². The predicted molar refractivity (Wildman–Crippen MR) is 54.4 cm³/mol. The number of carbonyl (C=O) groups is 1. The quantitative estimate of drug-likeness (QED) is 0.819. The molecule has 1 fully saturated rings. The summed E-state index contributed by atoms with van der Waals surface area (Å²) >= 11 is 0. The van der Waals surface area contributed by atoms with Gasteiger partial charge in [-0.3, -0.25) is 4.79 Å². The number of aliphatic hydroxyl groups is 1. The van der Waals surface area contributed by atoms with Crippen molar-refractivity contribution in [3.05, 3.63) is 29.8 Å². The van der Waals surface area contributed by atoms with Crippen molar-refractivity contribution >= 4 is 11.6 Å². The van der Waals surface area contributed by atoms with Gasteiger partial charge < -0.3 is 10.0 Å². The zero-order valence-electron chi connectivity index (χ0n) is 8.74. The number of nitrogens with zero attached hydrogens (tertiary/aromatic N) is 1. The van der Waals surface area contributed by atoms with Crippen molar-refractivity contribution in [1.82, 2.24) is 0 Å². The second kappa shape index (κ2) is 4.03. The second-order valence-corrected chi connectivity index (χ2v) is 3.84. The summed E-state index contributed by atoms with van der Waals surface area (Å²) < 4.78 is 36.9. The molecule has 1 aliphatic heterocycles. The number of aliphatic hydroxyl groups excluding tert-OH is 1. The molecule has 1 saturated heterocycles. The van der Waals surface area contributed by atoms with Gasteiger partial charge in [0.2, 0.25) is 0 Å². The predicted octanol–water partition coefficient (Wildman–Crippen LogP) is 1.80. The Kier molecular flexibility index (Phi) is 2.82. The largest absolute Gasteiger partial charge is 0.416 e. The van der Waals surface area contributed by atoms with Gasteiger partial charge in [-0.25, -0.2) is 0 Å². The lowest BCUT2D eigenvalue weighted by Gasteiger charge is -2.16. The summed E-state index contributed by atoms with van der Waals surface area (Å²) in [7, 11) is 0. The molecule has 0 radical (unpaired) electrons. The van der Waals surface area contributed by atoms with Crippen LogP contribution in [0.5, 0.6) is 0 Å². The molecule has 3 nitrogen and oxygen atoms in total. The third-order valence-electron chi connectivity index (χ3n) is 2.68. The minimum Gasteiger partial charge on any atom is -0.383 e. The summed E-state index contributed by atoms with van der Waals surface area (Å²) in [5, 5.41) is 9.24. The SMILES string of the molecule is O=C1[C@@H](O)CCN1c1ccc(C(F)(F)F)cc1. The maximum Gasteiger partial charge on any atom is 0.416 e.